The smallest absolute Gasteiger partial charge is 0.0740 e. The van der Waals surface area contributed by atoms with Crippen molar-refractivity contribution in [1.82, 2.24) is 4.90 Å². The van der Waals surface area contributed by atoms with Crippen LogP contribution in [0.3, 0.4) is 0 Å². The molecule has 0 amide bonds. The van der Waals surface area contributed by atoms with Crippen molar-refractivity contribution >= 4 is 28.8 Å². The fourth-order valence-corrected chi connectivity index (χ4v) is 2.16. The molecule has 2 nitrogen and oxygen atoms in total. The van der Waals surface area contributed by atoms with E-state index in [1.807, 2.05) is 13.0 Å². The van der Waals surface area contributed by atoms with Gasteiger partial charge in [-0.1, -0.05) is 36.0 Å². The summed E-state index contributed by atoms with van der Waals surface area (Å²) in [6.07, 6.45) is 0.747. The molecule has 0 spiro atoms. The maximum absolute atomic E-state index is 6.26. The summed E-state index contributed by atoms with van der Waals surface area (Å²) in [7, 11) is 0. The van der Waals surface area contributed by atoms with Crippen LogP contribution in [0.15, 0.2) is 18.2 Å². The van der Waals surface area contributed by atoms with Crippen LogP contribution in [-0.4, -0.2) is 22.5 Å². The number of halogens is 1. The summed E-state index contributed by atoms with van der Waals surface area (Å²) in [6, 6.07) is 6.63. The van der Waals surface area contributed by atoms with Gasteiger partial charge in [0.25, 0.3) is 0 Å². The van der Waals surface area contributed by atoms with Crippen LogP contribution in [0.25, 0.3) is 0 Å². The molecule has 0 aliphatic rings. The highest BCUT2D eigenvalue weighted by atomic mass is 35.5. The number of rotatable bonds is 6. The lowest BCUT2D eigenvalue weighted by Gasteiger charge is -2.26. The minimum atomic E-state index is 0.441. The van der Waals surface area contributed by atoms with E-state index in [-0.39, 0.29) is 0 Å². The number of thiocarbonyl (C=S) groups is 1. The maximum Gasteiger partial charge on any atom is 0.0740 e. The number of hydrogen-bond acceptors (Lipinski definition) is 2. The second-order valence-corrected chi connectivity index (χ2v) is 5.81. The summed E-state index contributed by atoms with van der Waals surface area (Å²) in [4.78, 5) is 2.89. The van der Waals surface area contributed by atoms with Crippen molar-refractivity contribution in [3.05, 3.63) is 34.3 Å². The van der Waals surface area contributed by atoms with Gasteiger partial charge < -0.3 is 5.73 Å². The zero-order valence-corrected chi connectivity index (χ0v) is 12.8. The maximum atomic E-state index is 6.26. The zero-order valence-electron chi connectivity index (χ0n) is 11.2. The van der Waals surface area contributed by atoms with E-state index in [1.54, 1.807) is 0 Å². The third-order valence-electron chi connectivity index (χ3n) is 2.96. The van der Waals surface area contributed by atoms with Gasteiger partial charge in [-0.3, -0.25) is 4.90 Å². The minimum Gasteiger partial charge on any atom is -0.393 e. The molecule has 1 rings (SSSR count). The average molecular weight is 285 g/mol. The first-order valence-corrected chi connectivity index (χ1v) is 6.96. The van der Waals surface area contributed by atoms with Crippen molar-refractivity contribution in [2.24, 2.45) is 5.73 Å². The van der Waals surface area contributed by atoms with E-state index in [9.17, 15) is 0 Å². The Morgan fingerprint density at radius 1 is 1.44 bits per heavy atom. The van der Waals surface area contributed by atoms with Crippen LogP contribution in [0.1, 0.15) is 31.4 Å². The monoisotopic (exact) mass is 284 g/mol. The Morgan fingerprint density at radius 3 is 2.61 bits per heavy atom. The molecule has 1 aromatic rings. The SMILES string of the molecule is Cc1ccc(CN(CCC(N)=S)C(C)C)c(Cl)c1. The molecule has 0 fully saturated rings. The Balaban J connectivity index is 2.73. The van der Waals surface area contributed by atoms with Gasteiger partial charge in [0.1, 0.15) is 0 Å². The van der Waals surface area contributed by atoms with Crippen LogP contribution >= 0.6 is 23.8 Å². The van der Waals surface area contributed by atoms with Gasteiger partial charge in [-0.2, -0.15) is 0 Å². The van der Waals surface area contributed by atoms with E-state index in [4.69, 9.17) is 29.6 Å². The molecule has 0 bridgehead atoms. The van der Waals surface area contributed by atoms with Gasteiger partial charge in [0.15, 0.2) is 0 Å². The highest BCUT2D eigenvalue weighted by Gasteiger charge is 2.12. The first-order valence-electron chi connectivity index (χ1n) is 6.17. The summed E-state index contributed by atoms with van der Waals surface area (Å²) < 4.78 is 0. The molecule has 2 N–H and O–H groups in total. The van der Waals surface area contributed by atoms with Gasteiger partial charge >= 0.3 is 0 Å². The number of nitrogens with zero attached hydrogens (tertiary/aromatic N) is 1. The van der Waals surface area contributed by atoms with Gasteiger partial charge in [-0.15, -0.1) is 0 Å². The third-order valence-corrected chi connectivity index (χ3v) is 3.51. The highest BCUT2D eigenvalue weighted by Crippen LogP contribution is 2.20. The van der Waals surface area contributed by atoms with Crippen molar-refractivity contribution in [3.8, 4) is 0 Å². The lowest BCUT2D eigenvalue weighted by molar-refractivity contribution is 0.219. The summed E-state index contributed by atoms with van der Waals surface area (Å²) in [5, 5.41) is 0.830. The molecule has 0 aliphatic heterocycles. The molecule has 0 saturated heterocycles. The van der Waals surface area contributed by atoms with E-state index < -0.39 is 0 Å². The van der Waals surface area contributed by atoms with Gasteiger partial charge in [0.2, 0.25) is 0 Å². The molecule has 0 atom stereocenters. The zero-order chi connectivity index (χ0) is 13.7. The topological polar surface area (TPSA) is 29.3 Å². The second kappa shape index (κ2) is 7.07. The fraction of sp³-hybridized carbons (Fsp3) is 0.500. The standard InChI is InChI=1S/C14H21ClN2S/c1-10(2)17(7-6-14(16)18)9-12-5-4-11(3)8-13(12)15/h4-5,8,10H,6-7,9H2,1-3H3,(H2,16,18). The molecule has 0 aliphatic carbocycles. The highest BCUT2D eigenvalue weighted by molar-refractivity contribution is 7.80. The van der Waals surface area contributed by atoms with E-state index in [0.29, 0.717) is 11.0 Å². The van der Waals surface area contributed by atoms with Gasteiger partial charge in [-0.25, -0.2) is 0 Å². The normalized spacial score (nSPS) is 11.2. The molecule has 0 unspecified atom stereocenters. The van der Waals surface area contributed by atoms with Crippen molar-refractivity contribution in [1.29, 1.82) is 0 Å². The predicted molar refractivity (Wildman–Crippen MR) is 83.1 cm³/mol. The predicted octanol–water partition coefficient (Wildman–Crippen LogP) is 3.54. The molecule has 1 aromatic carbocycles. The van der Waals surface area contributed by atoms with Gasteiger partial charge in [-0.05, 0) is 38.0 Å². The Labute approximate surface area is 120 Å². The van der Waals surface area contributed by atoms with Crippen molar-refractivity contribution in [2.45, 2.75) is 39.8 Å². The van der Waals surface area contributed by atoms with Crippen molar-refractivity contribution in [2.75, 3.05) is 6.54 Å². The second-order valence-electron chi connectivity index (χ2n) is 4.88. The number of aryl methyl sites for hydroxylation is 1. The summed E-state index contributed by atoms with van der Waals surface area (Å²) in [5.41, 5.74) is 7.90. The molecular weight excluding hydrogens is 264 g/mol. The van der Waals surface area contributed by atoms with Gasteiger partial charge in [0.05, 0.1) is 4.99 Å². The van der Waals surface area contributed by atoms with Crippen LogP contribution in [0.5, 0.6) is 0 Å². The van der Waals surface area contributed by atoms with Crippen LogP contribution in [0.4, 0.5) is 0 Å². The summed E-state index contributed by atoms with van der Waals surface area (Å²) in [5.74, 6) is 0. The quantitative estimate of drug-likeness (QED) is 0.810. The molecule has 0 heterocycles. The molecule has 100 valence electrons. The molecule has 18 heavy (non-hydrogen) atoms. The van der Waals surface area contributed by atoms with Crippen molar-refractivity contribution in [3.63, 3.8) is 0 Å². The largest absolute Gasteiger partial charge is 0.393 e. The molecule has 4 heteroatoms. The Bertz CT molecular complexity index is 418. The Kier molecular flexibility index (Phi) is 6.06. The Morgan fingerprint density at radius 2 is 2.11 bits per heavy atom. The fourth-order valence-electron chi connectivity index (χ4n) is 1.77. The summed E-state index contributed by atoms with van der Waals surface area (Å²) >= 11 is 11.2. The van der Waals surface area contributed by atoms with Crippen LogP contribution in [0, 0.1) is 6.92 Å². The lowest BCUT2D eigenvalue weighted by atomic mass is 10.1. The molecule has 0 radical (unpaired) electrons. The van der Waals surface area contributed by atoms with E-state index in [0.717, 1.165) is 30.1 Å². The first-order chi connectivity index (χ1) is 8.40. The van der Waals surface area contributed by atoms with E-state index in [1.165, 1.54) is 5.56 Å². The molecular formula is C14H21ClN2S. The van der Waals surface area contributed by atoms with E-state index in [2.05, 4.69) is 30.9 Å². The van der Waals surface area contributed by atoms with Crippen molar-refractivity contribution < 1.29 is 0 Å². The lowest BCUT2D eigenvalue weighted by Crippen LogP contribution is -2.33. The summed E-state index contributed by atoms with van der Waals surface area (Å²) in [6.45, 7) is 8.09. The minimum absolute atomic E-state index is 0.441. The first kappa shape index (κ1) is 15.4. The molecule has 0 saturated carbocycles. The average Bonchev–Trinajstić information content (AvgIpc) is 2.26. The Hall–Kier alpha value is -0.640. The van der Waals surface area contributed by atoms with Crippen LogP contribution in [-0.2, 0) is 6.54 Å². The van der Waals surface area contributed by atoms with E-state index >= 15 is 0 Å². The van der Waals surface area contributed by atoms with Crippen LogP contribution in [0.2, 0.25) is 5.02 Å². The number of nitrogens with two attached hydrogens (primary N) is 1. The molecule has 0 aromatic heterocycles. The number of benzene rings is 1. The number of hydrogen-bond donors (Lipinski definition) is 1. The third kappa shape index (κ3) is 4.92. The van der Waals surface area contributed by atoms with Gasteiger partial charge in [0, 0.05) is 30.6 Å². The van der Waals surface area contributed by atoms with Crippen LogP contribution < -0.4 is 5.73 Å².